The summed E-state index contributed by atoms with van der Waals surface area (Å²) in [5, 5.41) is 0. The normalized spacial score (nSPS) is 26.2. The largest absolute Gasteiger partial charge is 0.367 e. The minimum atomic E-state index is 0.0685. The summed E-state index contributed by atoms with van der Waals surface area (Å²) in [6.45, 7) is 7.83. The van der Waals surface area contributed by atoms with Gasteiger partial charge in [0.1, 0.15) is 0 Å². The molecule has 0 bridgehead atoms. The lowest BCUT2D eigenvalue weighted by atomic mass is 10.1. The van der Waals surface area contributed by atoms with Crippen LogP contribution in [0.1, 0.15) is 45.3 Å². The second-order valence-corrected chi connectivity index (χ2v) is 5.30. The summed E-state index contributed by atoms with van der Waals surface area (Å²) in [5.74, 6) is 0.780. The molecule has 1 saturated heterocycles. The SMILES string of the molecule is CC[C@H](N)c1ccc(N2CC(C)CC2C)cn1. The van der Waals surface area contributed by atoms with Gasteiger partial charge in [-0.3, -0.25) is 4.98 Å². The Balaban J connectivity index is 2.13. The highest BCUT2D eigenvalue weighted by Crippen LogP contribution is 2.28. The van der Waals surface area contributed by atoms with Gasteiger partial charge >= 0.3 is 0 Å². The molecule has 0 radical (unpaired) electrons. The minimum absolute atomic E-state index is 0.0685. The standard InChI is InChI=1S/C14H23N3/c1-4-13(15)14-6-5-12(8-16-14)17-9-10(2)7-11(17)3/h5-6,8,10-11,13H,4,7,9,15H2,1-3H3/t10?,11?,13-/m0/s1. The summed E-state index contributed by atoms with van der Waals surface area (Å²) in [6, 6.07) is 4.92. The number of nitrogens with two attached hydrogens (primary N) is 1. The zero-order valence-electron chi connectivity index (χ0n) is 11.1. The number of hydrogen-bond donors (Lipinski definition) is 1. The van der Waals surface area contributed by atoms with Gasteiger partial charge in [0, 0.05) is 18.6 Å². The van der Waals surface area contributed by atoms with Gasteiger partial charge in [0.15, 0.2) is 0 Å². The summed E-state index contributed by atoms with van der Waals surface area (Å²) in [4.78, 5) is 6.93. The zero-order chi connectivity index (χ0) is 12.4. The van der Waals surface area contributed by atoms with Gasteiger partial charge in [-0.15, -0.1) is 0 Å². The fourth-order valence-corrected chi connectivity index (χ4v) is 2.66. The van der Waals surface area contributed by atoms with Gasteiger partial charge in [-0.2, -0.15) is 0 Å². The van der Waals surface area contributed by atoms with Crippen LogP contribution in [0.4, 0.5) is 5.69 Å². The topological polar surface area (TPSA) is 42.1 Å². The molecule has 1 aliphatic rings. The molecule has 2 heterocycles. The highest BCUT2D eigenvalue weighted by Gasteiger charge is 2.26. The molecule has 3 nitrogen and oxygen atoms in total. The van der Waals surface area contributed by atoms with E-state index in [2.05, 4.69) is 42.8 Å². The van der Waals surface area contributed by atoms with E-state index in [1.54, 1.807) is 0 Å². The number of anilines is 1. The second-order valence-electron chi connectivity index (χ2n) is 5.30. The first-order valence-electron chi connectivity index (χ1n) is 6.60. The maximum absolute atomic E-state index is 5.97. The summed E-state index contributed by atoms with van der Waals surface area (Å²) in [5.41, 5.74) is 8.20. The molecule has 0 spiro atoms. The van der Waals surface area contributed by atoms with Gasteiger partial charge in [-0.25, -0.2) is 0 Å². The summed E-state index contributed by atoms with van der Waals surface area (Å²) >= 11 is 0. The average molecular weight is 233 g/mol. The molecule has 2 N–H and O–H groups in total. The van der Waals surface area contributed by atoms with E-state index in [1.807, 2.05) is 6.20 Å². The maximum Gasteiger partial charge on any atom is 0.0572 e. The highest BCUT2D eigenvalue weighted by molar-refractivity contribution is 5.47. The van der Waals surface area contributed by atoms with Gasteiger partial charge in [0.25, 0.3) is 0 Å². The van der Waals surface area contributed by atoms with E-state index >= 15 is 0 Å². The Kier molecular flexibility index (Phi) is 3.67. The van der Waals surface area contributed by atoms with Gasteiger partial charge in [0.2, 0.25) is 0 Å². The number of aromatic nitrogens is 1. The average Bonchev–Trinajstić information content (AvgIpc) is 2.68. The van der Waals surface area contributed by atoms with Crippen molar-refractivity contribution in [2.24, 2.45) is 11.7 Å². The number of nitrogens with zero attached hydrogens (tertiary/aromatic N) is 2. The second kappa shape index (κ2) is 5.05. The number of pyridine rings is 1. The van der Waals surface area contributed by atoms with Crippen molar-refractivity contribution in [3.05, 3.63) is 24.0 Å². The Morgan fingerprint density at radius 3 is 2.71 bits per heavy atom. The third-order valence-electron chi connectivity index (χ3n) is 3.71. The Labute approximate surface area is 104 Å². The van der Waals surface area contributed by atoms with E-state index in [9.17, 15) is 0 Å². The minimum Gasteiger partial charge on any atom is -0.367 e. The summed E-state index contributed by atoms with van der Waals surface area (Å²) < 4.78 is 0. The fourth-order valence-electron chi connectivity index (χ4n) is 2.66. The third-order valence-corrected chi connectivity index (χ3v) is 3.71. The molecule has 94 valence electrons. The predicted molar refractivity (Wildman–Crippen MR) is 72.0 cm³/mol. The number of rotatable bonds is 3. The van der Waals surface area contributed by atoms with Crippen LogP contribution < -0.4 is 10.6 Å². The molecule has 0 amide bonds. The van der Waals surface area contributed by atoms with Gasteiger partial charge in [-0.1, -0.05) is 13.8 Å². The third kappa shape index (κ3) is 2.60. The van der Waals surface area contributed by atoms with Crippen LogP contribution in [-0.2, 0) is 0 Å². The lowest BCUT2D eigenvalue weighted by molar-refractivity contribution is 0.625. The fraction of sp³-hybridized carbons (Fsp3) is 0.643. The lowest BCUT2D eigenvalue weighted by Crippen LogP contribution is -2.26. The molecule has 0 aromatic carbocycles. The van der Waals surface area contributed by atoms with Gasteiger partial charge in [0.05, 0.1) is 17.6 Å². The van der Waals surface area contributed by atoms with E-state index in [0.29, 0.717) is 6.04 Å². The molecule has 1 aliphatic heterocycles. The van der Waals surface area contributed by atoms with Crippen LogP contribution in [-0.4, -0.2) is 17.6 Å². The summed E-state index contributed by atoms with van der Waals surface area (Å²) in [7, 11) is 0. The van der Waals surface area contributed by atoms with Crippen molar-refractivity contribution in [1.82, 2.24) is 4.98 Å². The van der Waals surface area contributed by atoms with E-state index < -0.39 is 0 Å². The molecule has 2 rings (SSSR count). The molecule has 2 unspecified atom stereocenters. The zero-order valence-corrected chi connectivity index (χ0v) is 11.1. The first-order valence-corrected chi connectivity index (χ1v) is 6.60. The lowest BCUT2D eigenvalue weighted by Gasteiger charge is -2.23. The van der Waals surface area contributed by atoms with E-state index in [0.717, 1.165) is 24.6 Å². The molecule has 1 aromatic heterocycles. The van der Waals surface area contributed by atoms with E-state index in [-0.39, 0.29) is 6.04 Å². The van der Waals surface area contributed by atoms with Crippen molar-refractivity contribution in [3.8, 4) is 0 Å². The summed E-state index contributed by atoms with van der Waals surface area (Å²) in [6.07, 6.45) is 4.18. The molecule has 17 heavy (non-hydrogen) atoms. The first kappa shape index (κ1) is 12.4. The van der Waals surface area contributed by atoms with Crippen molar-refractivity contribution in [1.29, 1.82) is 0 Å². The monoisotopic (exact) mass is 233 g/mol. The van der Waals surface area contributed by atoms with Crippen LogP contribution in [0.3, 0.4) is 0 Å². The molecule has 0 saturated carbocycles. The molecule has 0 aliphatic carbocycles. The molecule has 1 fully saturated rings. The molecule has 3 heteroatoms. The Morgan fingerprint density at radius 1 is 1.47 bits per heavy atom. The van der Waals surface area contributed by atoms with Crippen LogP contribution in [0.2, 0.25) is 0 Å². The van der Waals surface area contributed by atoms with Gasteiger partial charge in [-0.05, 0) is 37.8 Å². The predicted octanol–water partition coefficient (Wildman–Crippen LogP) is 2.73. The highest BCUT2D eigenvalue weighted by atomic mass is 15.2. The molecular weight excluding hydrogens is 210 g/mol. The maximum atomic E-state index is 5.97. The Morgan fingerprint density at radius 2 is 2.24 bits per heavy atom. The van der Waals surface area contributed by atoms with Crippen molar-refractivity contribution < 1.29 is 0 Å². The van der Waals surface area contributed by atoms with E-state index in [4.69, 9.17) is 5.73 Å². The van der Waals surface area contributed by atoms with Crippen LogP contribution in [0, 0.1) is 5.92 Å². The van der Waals surface area contributed by atoms with Crippen molar-refractivity contribution >= 4 is 5.69 Å². The van der Waals surface area contributed by atoms with E-state index in [1.165, 1.54) is 12.1 Å². The Bertz CT molecular complexity index is 360. The van der Waals surface area contributed by atoms with Crippen molar-refractivity contribution in [2.45, 2.75) is 45.7 Å². The number of hydrogen-bond acceptors (Lipinski definition) is 3. The Hall–Kier alpha value is -1.09. The quantitative estimate of drug-likeness (QED) is 0.873. The van der Waals surface area contributed by atoms with Crippen LogP contribution in [0.15, 0.2) is 18.3 Å². The molecular formula is C14H23N3. The van der Waals surface area contributed by atoms with Crippen molar-refractivity contribution in [2.75, 3.05) is 11.4 Å². The molecule has 3 atom stereocenters. The smallest absolute Gasteiger partial charge is 0.0572 e. The molecule has 1 aromatic rings. The van der Waals surface area contributed by atoms with Crippen molar-refractivity contribution in [3.63, 3.8) is 0 Å². The van der Waals surface area contributed by atoms with Gasteiger partial charge < -0.3 is 10.6 Å². The van der Waals surface area contributed by atoms with Crippen LogP contribution in [0.25, 0.3) is 0 Å². The van der Waals surface area contributed by atoms with Crippen LogP contribution >= 0.6 is 0 Å². The van der Waals surface area contributed by atoms with Crippen LogP contribution in [0.5, 0.6) is 0 Å². The first-order chi connectivity index (χ1) is 8.11.